The lowest BCUT2D eigenvalue weighted by Gasteiger charge is -2.01. The van der Waals surface area contributed by atoms with Gasteiger partial charge < -0.3 is 5.11 Å². The van der Waals surface area contributed by atoms with Crippen molar-refractivity contribution in [2.75, 3.05) is 0 Å². The molecule has 15 heavy (non-hydrogen) atoms. The number of hydrogen-bond acceptors (Lipinski definition) is 2. The van der Waals surface area contributed by atoms with Crippen LogP contribution >= 0.6 is 0 Å². The summed E-state index contributed by atoms with van der Waals surface area (Å²) in [6, 6.07) is 6.20. The van der Waals surface area contributed by atoms with E-state index < -0.39 is 0 Å². The van der Waals surface area contributed by atoms with E-state index in [1.807, 2.05) is 0 Å². The summed E-state index contributed by atoms with van der Waals surface area (Å²) in [5.74, 6) is -0.108. The molecule has 0 aliphatic rings. The number of phenols is 1. The first-order valence-electron chi connectivity index (χ1n) is 4.48. The number of ketones is 1. The molecule has 0 spiro atoms. The predicted molar refractivity (Wildman–Crippen MR) is 60.9 cm³/mol. The minimum absolute atomic E-state index is 0.0721. The van der Waals surface area contributed by atoms with E-state index in [9.17, 15) is 9.90 Å². The quantitative estimate of drug-likeness (QED) is 0.461. The summed E-state index contributed by atoms with van der Waals surface area (Å²) in [4.78, 5) is 11.8. The molecule has 2 nitrogen and oxygen atoms in total. The van der Waals surface area contributed by atoms with Crippen LogP contribution in [0.15, 0.2) is 61.2 Å². The summed E-state index contributed by atoms with van der Waals surface area (Å²) in [5, 5.41) is 9.23. The Balaban J connectivity index is 3.08. The fourth-order valence-corrected chi connectivity index (χ4v) is 1.18. The number of phenolic OH excluding ortho intramolecular Hbond substituents is 1. The SMILES string of the molecule is C=C/C=C(\C=C)C(=O)c1cccc(O)c1. The number of allylic oxidation sites excluding steroid dienone is 4. The van der Waals surface area contributed by atoms with Crippen LogP contribution in [0, 0.1) is 0 Å². The van der Waals surface area contributed by atoms with E-state index in [0.29, 0.717) is 11.1 Å². The van der Waals surface area contributed by atoms with E-state index in [1.54, 1.807) is 18.2 Å². The van der Waals surface area contributed by atoms with Crippen molar-refractivity contribution in [2.45, 2.75) is 0 Å². The van der Waals surface area contributed by atoms with Gasteiger partial charge in [-0.15, -0.1) is 0 Å². The molecule has 1 rings (SSSR count). The molecule has 0 bridgehead atoms. The van der Waals surface area contributed by atoms with Gasteiger partial charge in [-0.25, -0.2) is 0 Å². The molecule has 0 aliphatic heterocycles. The van der Waals surface area contributed by atoms with Gasteiger partial charge in [-0.3, -0.25) is 4.79 Å². The average molecular weight is 200 g/mol. The Kier molecular flexibility index (Phi) is 3.63. The number of hydrogen-bond donors (Lipinski definition) is 1. The Morgan fingerprint density at radius 1 is 1.33 bits per heavy atom. The van der Waals surface area contributed by atoms with Gasteiger partial charge in [-0.05, 0) is 12.1 Å². The van der Waals surface area contributed by atoms with E-state index in [1.165, 1.54) is 24.3 Å². The fraction of sp³-hybridized carbons (Fsp3) is 0. The molecule has 0 aromatic heterocycles. The molecule has 0 fully saturated rings. The second kappa shape index (κ2) is 4.96. The average Bonchev–Trinajstić information content (AvgIpc) is 2.25. The normalized spacial score (nSPS) is 10.8. The Hall–Kier alpha value is -2.09. The lowest BCUT2D eigenvalue weighted by molar-refractivity contribution is 0.103. The third-order valence-electron chi connectivity index (χ3n) is 1.89. The summed E-state index contributed by atoms with van der Waals surface area (Å²) < 4.78 is 0. The van der Waals surface area contributed by atoms with Gasteiger partial charge in [0, 0.05) is 11.1 Å². The largest absolute Gasteiger partial charge is 0.508 e. The van der Waals surface area contributed by atoms with Crippen molar-refractivity contribution >= 4 is 5.78 Å². The fourth-order valence-electron chi connectivity index (χ4n) is 1.18. The number of benzene rings is 1. The van der Waals surface area contributed by atoms with Crippen LogP contribution in [0.1, 0.15) is 10.4 Å². The van der Waals surface area contributed by atoms with Crippen molar-refractivity contribution in [3.63, 3.8) is 0 Å². The van der Waals surface area contributed by atoms with Crippen LogP contribution in [0.4, 0.5) is 0 Å². The van der Waals surface area contributed by atoms with Crippen molar-refractivity contribution in [1.82, 2.24) is 0 Å². The highest BCUT2D eigenvalue weighted by Crippen LogP contribution is 2.15. The number of rotatable bonds is 4. The Morgan fingerprint density at radius 2 is 2.07 bits per heavy atom. The van der Waals surface area contributed by atoms with Gasteiger partial charge in [-0.1, -0.05) is 43.5 Å². The molecule has 0 unspecified atom stereocenters. The zero-order chi connectivity index (χ0) is 11.3. The summed E-state index contributed by atoms with van der Waals surface area (Å²) in [6.07, 6.45) is 4.57. The molecule has 0 saturated heterocycles. The minimum atomic E-state index is -0.180. The van der Waals surface area contributed by atoms with Crippen molar-refractivity contribution in [1.29, 1.82) is 0 Å². The highest BCUT2D eigenvalue weighted by molar-refractivity contribution is 6.10. The van der Waals surface area contributed by atoms with Gasteiger partial charge in [0.15, 0.2) is 5.78 Å². The Bertz CT molecular complexity index is 428. The van der Waals surface area contributed by atoms with Crippen LogP contribution in [0.25, 0.3) is 0 Å². The Morgan fingerprint density at radius 3 is 2.60 bits per heavy atom. The maximum Gasteiger partial charge on any atom is 0.193 e. The van der Waals surface area contributed by atoms with Crippen LogP contribution in [0.5, 0.6) is 5.75 Å². The van der Waals surface area contributed by atoms with E-state index in [0.717, 1.165) is 0 Å². The molecular weight excluding hydrogens is 188 g/mol. The van der Waals surface area contributed by atoms with E-state index >= 15 is 0 Å². The van der Waals surface area contributed by atoms with Crippen LogP contribution < -0.4 is 0 Å². The van der Waals surface area contributed by atoms with Crippen molar-refractivity contribution in [3.8, 4) is 5.75 Å². The van der Waals surface area contributed by atoms with E-state index in [4.69, 9.17) is 0 Å². The van der Waals surface area contributed by atoms with Crippen LogP contribution in [0.2, 0.25) is 0 Å². The van der Waals surface area contributed by atoms with Gasteiger partial charge in [-0.2, -0.15) is 0 Å². The monoisotopic (exact) mass is 200 g/mol. The van der Waals surface area contributed by atoms with Crippen molar-refractivity contribution in [3.05, 3.63) is 66.8 Å². The molecule has 0 saturated carbocycles. The zero-order valence-corrected chi connectivity index (χ0v) is 8.31. The Labute approximate surface area is 88.9 Å². The molecule has 76 valence electrons. The topological polar surface area (TPSA) is 37.3 Å². The lowest BCUT2D eigenvalue weighted by atomic mass is 10.0. The first kappa shape index (κ1) is 11.0. The maximum atomic E-state index is 11.8. The highest BCUT2D eigenvalue weighted by Gasteiger charge is 2.08. The third kappa shape index (κ3) is 2.68. The lowest BCUT2D eigenvalue weighted by Crippen LogP contribution is -2.00. The molecule has 0 heterocycles. The zero-order valence-electron chi connectivity index (χ0n) is 8.31. The standard InChI is InChI=1S/C13H12O2/c1-3-6-10(4-2)13(15)11-7-5-8-12(14)9-11/h3-9,14H,1-2H2/b10-6+. The van der Waals surface area contributed by atoms with Crippen molar-refractivity contribution < 1.29 is 9.90 Å². The van der Waals surface area contributed by atoms with Gasteiger partial charge in [0.2, 0.25) is 0 Å². The summed E-state index contributed by atoms with van der Waals surface area (Å²) >= 11 is 0. The molecule has 1 N–H and O–H groups in total. The maximum absolute atomic E-state index is 11.8. The summed E-state index contributed by atoms with van der Waals surface area (Å²) in [5.41, 5.74) is 0.888. The van der Waals surface area contributed by atoms with Gasteiger partial charge in [0.1, 0.15) is 5.75 Å². The smallest absolute Gasteiger partial charge is 0.193 e. The van der Waals surface area contributed by atoms with Gasteiger partial charge >= 0.3 is 0 Å². The number of carbonyl (C=O) groups is 1. The second-order valence-corrected chi connectivity index (χ2v) is 2.94. The second-order valence-electron chi connectivity index (χ2n) is 2.94. The molecule has 0 amide bonds. The van der Waals surface area contributed by atoms with Gasteiger partial charge in [0.25, 0.3) is 0 Å². The first-order valence-corrected chi connectivity index (χ1v) is 4.48. The van der Waals surface area contributed by atoms with Crippen molar-refractivity contribution in [2.24, 2.45) is 0 Å². The summed E-state index contributed by atoms with van der Waals surface area (Å²) in [7, 11) is 0. The third-order valence-corrected chi connectivity index (χ3v) is 1.89. The molecule has 0 aliphatic carbocycles. The predicted octanol–water partition coefficient (Wildman–Crippen LogP) is 2.87. The van der Waals surface area contributed by atoms with Crippen LogP contribution in [-0.4, -0.2) is 10.9 Å². The molecule has 0 radical (unpaired) electrons. The molecule has 1 aromatic carbocycles. The molecule has 1 aromatic rings. The van der Waals surface area contributed by atoms with E-state index in [-0.39, 0.29) is 11.5 Å². The number of Topliss-reactive ketones (excluding diaryl/α,β-unsaturated/α-hetero) is 1. The molecular formula is C13H12O2. The van der Waals surface area contributed by atoms with Gasteiger partial charge in [0.05, 0.1) is 0 Å². The molecule has 0 atom stereocenters. The number of carbonyl (C=O) groups excluding carboxylic acids is 1. The first-order chi connectivity index (χ1) is 7.19. The minimum Gasteiger partial charge on any atom is -0.508 e. The summed E-state index contributed by atoms with van der Waals surface area (Å²) in [6.45, 7) is 7.07. The highest BCUT2D eigenvalue weighted by atomic mass is 16.3. The van der Waals surface area contributed by atoms with Crippen LogP contribution in [-0.2, 0) is 0 Å². The molecule has 2 heteroatoms. The number of aromatic hydroxyl groups is 1. The van der Waals surface area contributed by atoms with Crippen LogP contribution in [0.3, 0.4) is 0 Å². The van der Waals surface area contributed by atoms with E-state index in [2.05, 4.69) is 13.2 Å².